The van der Waals surface area contributed by atoms with Gasteiger partial charge in [0.15, 0.2) is 0 Å². The summed E-state index contributed by atoms with van der Waals surface area (Å²) in [6.45, 7) is 10.3. The highest BCUT2D eigenvalue weighted by atomic mass is 15.2. The van der Waals surface area contributed by atoms with Crippen molar-refractivity contribution < 1.29 is 0 Å². The van der Waals surface area contributed by atoms with E-state index < -0.39 is 0 Å². The molecule has 0 spiro atoms. The molecule has 1 unspecified atom stereocenters. The first-order valence-electron chi connectivity index (χ1n) is 8.61. The maximum absolute atomic E-state index is 6.13. The highest BCUT2D eigenvalue weighted by molar-refractivity contribution is 4.90. The normalized spacial score (nSPS) is 18.8. The zero-order valence-electron chi connectivity index (χ0n) is 13.6. The van der Waals surface area contributed by atoms with Crippen LogP contribution in [0.2, 0.25) is 0 Å². The Kier molecular flexibility index (Phi) is 8.01. The highest BCUT2D eigenvalue weighted by Gasteiger charge is 2.33. The van der Waals surface area contributed by atoms with Crippen molar-refractivity contribution in [3.63, 3.8) is 0 Å². The Morgan fingerprint density at radius 1 is 1.05 bits per heavy atom. The third-order valence-electron chi connectivity index (χ3n) is 4.69. The molecule has 0 radical (unpaired) electrons. The van der Waals surface area contributed by atoms with Crippen LogP contribution in [0.15, 0.2) is 0 Å². The fraction of sp³-hybridized carbons (Fsp3) is 1.00. The smallest absolute Gasteiger partial charge is 0.0303 e. The summed E-state index contributed by atoms with van der Waals surface area (Å²) < 4.78 is 0. The van der Waals surface area contributed by atoms with Gasteiger partial charge in [0.05, 0.1) is 0 Å². The van der Waals surface area contributed by atoms with E-state index >= 15 is 0 Å². The Morgan fingerprint density at radius 3 is 2.26 bits per heavy atom. The lowest BCUT2D eigenvalue weighted by molar-refractivity contribution is 0.0925. The molecule has 114 valence electrons. The van der Waals surface area contributed by atoms with E-state index in [0.29, 0.717) is 0 Å². The van der Waals surface area contributed by atoms with Gasteiger partial charge in [0.25, 0.3) is 0 Å². The molecule has 0 aliphatic heterocycles. The van der Waals surface area contributed by atoms with Crippen LogP contribution in [0.3, 0.4) is 0 Å². The third-order valence-corrected chi connectivity index (χ3v) is 4.69. The zero-order chi connectivity index (χ0) is 14.1. The number of nitrogens with two attached hydrogens (primary N) is 1. The van der Waals surface area contributed by atoms with E-state index in [2.05, 4.69) is 25.7 Å². The highest BCUT2D eigenvalue weighted by Crippen LogP contribution is 2.33. The molecular formula is C17H36N2. The van der Waals surface area contributed by atoms with Gasteiger partial charge in [0, 0.05) is 18.6 Å². The molecule has 1 aliphatic rings. The summed E-state index contributed by atoms with van der Waals surface area (Å²) in [4.78, 5) is 2.70. The molecule has 2 heteroatoms. The topological polar surface area (TPSA) is 29.3 Å². The van der Waals surface area contributed by atoms with Gasteiger partial charge in [0.1, 0.15) is 0 Å². The first-order chi connectivity index (χ1) is 9.16. The molecule has 1 fully saturated rings. The lowest BCUT2D eigenvalue weighted by Crippen LogP contribution is -2.52. The average molecular weight is 268 g/mol. The quantitative estimate of drug-likeness (QED) is 0.538. The van der Waals surface area contributed by atoms with E-state index in [1.807, 2.05) is 0 Å². The first-order valence-corrected chi connectivity index (χ1v) is 8.61. The fourth-order valence-corrected chi connectivity index (χ4v) is 2.96. The van der Waals surface area contributed by atoms with Gasteiger partial charge in [-0.2, -0.15) is 0 Å². The minimum atomic E-state index is 0.241. The summed E-state index contributed by atoms with van der Waals surface area (Å²) in [6, 6.07) is 0. The maximum atomic E-state index is 6.13. The summed E-state index contributed by atoms with van der Waals surface area (Å²) in [6.07, 6.45) is 12.3. The lowest BCUT2D eigenvalue weighted by atomic mass is 9.91. The van der Waals surface area contributed by atoms with E-state index in [4.69, 9.17) is 5.73 Å². The number of unbranched alkanes of at least 4 members (excludes halogenated alkanes) is 4. The van der Waals surface area contributed by atoms with Crippen LogP contribution in [0.1, 0.15) is 78.6 Å². The van der Waals surface area contributed by atoms with Crippen molar-refractivity contribution in [2.24, 2.45) is 11.7 Å². The predicted molar refractivity (Wildman–Crippen MR) is 85.4 cm³/mol. The third kappa shape index (κ3) is 6.27. The van der Waals surface area contributed by atoms with Crippen molar-refractivity contribution in [3.8, 4) is 0 Å². The van der Waals surface area contributed by atoms with E-state index in [0.717, 1.165) is 12.5 Å². The second-order valence-corrected chi connectivity index (χ2v) is 6.75. The monoisotopic (exact) mass is 268 g/mol. The molecule has 19 heavy (non-hydrogen) atoms. The van der Waals surface area contributed by atoms with Gasteiger partial charge in [-0.05, 0) is 45.1 Å². The minimum Gasteiger partial charge on any atom is -0.329 e. The Hall–Kier alpha value is -0.0800. The van der Waals surface area contributed by atoms with Gasteiger partial charge in [0.2, 0.25) is 0 Å². The van der Waals surface area contributed by atoms with Crippen LogP contribution < -0.4 is 5.73 Å². The largest absolute Gasteiger partial charge is 0.329 e. The van der Waals surface area contributed by atoms with Gasteiger partial charge < -0.3 is 5.73 Å². The summed E-state index contributed by atoms with van der Waals surface area (Å²) in [5.74, 6) is 0.970. The van der Waals surface area contributed by atoms with E-state index in [1.54, 1.807) is 0 Å². The number of hydrogen-bond donors (Lipinski definition) is 1. The Bertz CT molecular complexity index is 225. The molecule has 0 aromatic rings. The van der Waals surface area contributed by atoms with Gasteiger partial charge in [-0.3, -0.25) is 4.90 Å². The van der Waals surface area contributed by atoms with Crippen LogP contribution in [-0.4, -0.2) is 30.1 Å². The summed E-state index contributed by atoms with van der Waals surface area (Å²) in [5.41, 5.74) is 6.37. The van der Waals surface area contributed by atoms with Crippen LogP contribution in [0.5, 0.6) is 0 Å². The molecule has 0 bridgehead atoms. The second kappa shape index (κ2) is 8.97. The molecule has 0 aromatic heterocycles. The summed E-state index contributed by atoms with van der Waals surface area (Å²) >= 11 is 0. The average Bonchev–Trinajstić information content (AvgIpc) is 3.22. The zero-order valence-corrected chi connectivity index (χ0v) is 13.6. The second-order valence-electron chi connectivity index (χ2n) is 6.75. The molecule has 0 amide bonds. The van der Waals surface area contributed by atoms with E-state index in [-0.39, 0.29) is 5.54 Å². The molecule has 2 nitrogen and oxygen atoms in total. The van der Waals surface area contributed by atoms with E-state index in [1.165, 1.54) is 70.9 Å². The van der Waals surface area contributed by atoms with Crippen molar-refractivity contribution in [3.05, 3.63) is 0 Å². The van der Waals surface area contributed by atoms with Gasteiger partial charge in [-0.15, -0.1) is 0 Å². The minimum absolute atomic E-state index is 0.241. The maximum Gasteiger partial charge on any atom is 0.0303 e. The Labute approximate surface area is 121 Å². The first kappa shape index (κ1) is 17.0. The Morgan fingerprint density at radius 2 is 1.74 bits per heavy atom. The summed E-state index contributed by atoms with van der Waals surface area (Å²) in [5, 5.41) is 0. The van der Waals surface area contributed by atoms with Crippen molar-refractivity contribution in [2.75, 3.05) is 19.6 Å². The molecule has 1 aliphatic carbocycles. The van der Waals surface area contributed by atoms with Crippen LogP contribution in [0, 0.1) is 5.92 Å². The SMILES string of the molecule is CCCCCCCC(C)(CN)N(CCC)CC1CC1. The van der Waals surface area contributed by atoms with Gasteiger partial charge in [-0.25, -0.2) is 0 Å². The Balaban J connectivity index is 2.38. The molecule has 1 rings (SSSR count). The van der Waals surface area contributed by atoms with Crippen LogP contribution in [0.25, 0.3) is 0 Å². The molecule has 0 aromatic carbocycles. The van der Waals surface area contributed by atoms with Gasteiger partial charge >= 0.3 is 0 Å². The number of rotatable bonds is 12. The molecule has 2 N–H and O–H groups in total. The number of hydrogen-bond acceptors (Lipinski definition) is 2. The van der Waals surface area contributed by atoms with Crippen molar-refractivity contribution in [1.29, 1.82) is 0 Å². The molecular weight excluding hydrogens is 232 g/mol. The van der Waals surface area contributed by atoms with Gasteiger partial charge in [-0.1, -0.05) is 46.0 Å². The molecule has 1 saturated carbocycles. The summed E-state index contributed by atoms with van der Waals surface area (Å²) in [7, 11) is 0. The molecule has 0 saturated heterocycles. The predicted octanol–water partition coefficient (Wildman–Crippen LogP) is 4.19. The fourth-order valence-electron chi connectivity index (χ4n) is 2.96. The van der Waals surface area contributed by atoms with Crippen molar-refractivity contribution >= 4 is 0 Å². The lowest BCUT2D eigenvalue weighted by Gasteiger charge is -2.41. The van der Waals surface area contributed by atoms with Crippen LogP contribution >= 0.6 is 0 Å². The standard InChI is InChI=1S/C17H36N2/c1-4-6-7-8-9-12-17(3,15-18)19(13-5-2)14-16-10-11-16/h16H,4-15,18H2,1-3H3. The van der Waals surface area contributed by atoms with Crippen LogP contribution in [-0.2, 0) is 0 Å². The molecule has 0 heterocycles. The van der Waals surface area contributed by atoms with Crippen molar-refractivity contribution in [2.45, 2.75) is 84.1 Å². The molecule has 1 atom stereocenters. The van der Waals surface area contributed by atoms with Crippen LogP contribution in [0.4, 0.5) is 0 Å². The number of nitrogens with zero attached hydrogens (tertiary/aromatic N) is 1. The van der Waals surface area contributed by atoms with E-state index in [9.17, 15) is 0 Å². The van der Waals surface area contributed by atoms with Crippen molar-refractivity contribution in [1.82, 2.24) is 4.90 Å².